The van der Waals surface area contributed by atoms with E-state index in [0.29, 0.717) is 23.9 Å². The molecule has 1 saturated heterocycles. The molecule has 126 valence electrons. The van der Waals surface area contributed by atoms with Gasteiger partial charge in [0, 0.05) is 30.2 Å². The van der Waals surface area contributed by atoms with Crippen molar-refractivity contribution in [3.63, 3.8) is 0 Å². The molecule has 4 heteroatoms. The van der Waals surface area contributed by atoms with Gasteiger partial charge in [-0.1, -0.05) is 25.0 Å². The lowest BCUT2D eigenvalue weighted by Gasteiger charge is -2.30. The lowest BCUT2D eigenvalue weighted by molar-refractivity contribution is -0.133. The Balaban J connectivity index is 1.58. The highest BCUT2D eigenvalue weighted by Crippen LogP contribution is 2.35. The van der Waals surface area contributed by atoms with Crippen molar-refractivity contribution >= 4 is 16.8 Å². The SMILES string of the molecule is O=C(Cn1ccc(=O)c2ccccc21)N1CCC[C@@H]1C1CCCC1. The normalized spacial score (nSPS) is 21.7. The quantitative estimate of drug-likeness (QED) is 0.870. The number of carbonyl (C=O) groups is 1. The molecule has 1 aromatic carbocycles. The third-order valence-corrected chi connectivity index (χ3v) is 5.75. The molecular formula is C20H24N2O2. The topological polar surface area (TPSA) is 42.3 Å². The van der Waals surface area contributed by atoms with E-state index in [-0.39, 0.29) is 11.3 Å². The number of fused-ring (bicyclic) bond motifs is 1. The first kappa shape index (κ1) is 15.4. The number of carbonyl (C=O) groups excluding carboxylic acids is 1. The maximum absolute atomic E-state index is 12.9. The minimum Gasteiger partial charge on any atom is -0.338 e. The molecule has 1 aromatic heterocycles. The Labute approximate surface area is 142 Å². The minimum absolute atomic E-state index is 0.0132. The second-order valence-electron chi connectivity index (χ2n) is 7.17. The summed E-state index contributed by atoms with van der Waals surface area (Å²) >= 11 is 0. The largest absolute Gasteiger partial charge is 0.338 e. The zero-order valence-corrected chi connectivity index (χ0v) is 14.0. The lowest BCUT2D eigenvalue weighted by atomic mass is 9.96. The molecule has 2 heterocycles. The van der Waals surface area contributed by atoms with Crippen molar-refractivity contribution < 1.29 is 4.79 Å². The number of pyridine rings is 1. The summed E-state index contributed by atoms with van der Waals surface area (Å²) in [7, 11) is 0. The molecule has 0 bridgehead atoms. The first-order valence-electron chi connectivity index (χ1n) is 9.12. The number of amides is 1. The number of benzene rings is 1. The fraction of sp³-hybridized carbons (Fsp3) is 0.500. The number of aromatic nitrogens is 1. The fourth-order valence-corrected chi connectivity index (χ4v) is 4.57. The molecule has 2 aliphatic rings. The predicted octanol–water partition coefficient (Wildman–Crippen LogP) is 3.18. The molecule has 2 aromatic rings. The van der Waals surface area contributed by atoms with Gasteiger partial charge >= 0.3 is 0 Å². The van der Waals surface area contributed by atoms with Crippen LogP contribution in [0.2, 0.25) is 0 Å². The molecule has 0 N–H and O–H groups in total. The standard InChI is InChI=1S/C20H24N2O2/c23-19-11-13-21(18-9-4-3-8-16(18)19)14-20(24)22-12-5-10-17(22)15-6-1-2-7-15/h3-4,8-9,11,13,15,17H,1-2,5-7,10,12,14H2/t17-/m1/s1. The van der Waals surface area contributed by atoms with Gasteiger partial charge in [0.2, 0.25) is 5.91 Å². The molecule has 1 saturated carbocycles. The van der Waals surface area contributed by atoms with Crippen molar-refractivity contribution in [3.8, 4) is 0 Å². The van der Waals surface area contributed by atoms with Gasteiger partial charge in [0.15, 0.2) is 5.43 Å². The summed E-state index contributed by atoms with van der Waals surface area (Å²) in [4.78, 5) is 27.0. The first-order chi connectivity index (χ1) is 11.7. The van der Waals surface area contributed by atoms with Crippen LogP contribution in [0, 0.1) is 5.92 Å². The molecular weight excluding hydrogens is 300 g/mol. The van der Waals surface area contributed by atoms with Crippen molar-refractivity contribution in [1.82, 2.24) is 9.47 Å². The van der Waals surface area contributed by atoms with Crippen LogP contribution in [-0.2, 0) is 11.3 Å². The van der Waals surface area contributed by atoms with Gasteiger partial charge in [-0.25, -0.2) is 0 Å². The average molecular weight is 324 g/mol. The van der Waals surface area contributed by atoms with Crippen LogP contribution < -0.4 is 5.43 Å². The smallest absolute Gasteiger partial charge is 0.242 e. The molecule has 1 aliphatic carbocycles. The first-order valence-corrected chi connectivity index (χ1v) is 9.12. The molecule has 2 fully saturated rings. The Morgan fingerprint density at radius 2 is 1.83 bits per heavy atom. The van der Waals surface area contributed by atoms with E-state index >= 15 is 0 Å². The summed E-state index contributed by atoms with van der Waals surface area (Å²) in [5, 5.41) is 0.682. The van der Waals surface area contributed by atoms with Crippen molar-refractivity contribution in [3.05, 3.63) is 46.8 Å². The van der Waals surface area contributed by atoms with Crippen LogP contribution in [-0.4, -0.2) is 28.0 Å². The van der Waals surface area contributed by atoms with E-state index in [0.717, 1.165) is 24.9 Å². The predicted molar refractivity (Wildman–Crippen MR) is 94.9 cm³/mol. The molecule has 0 radical (unpaired) electrons. The summed E-state index contributed by atoms with van der Waals surface area (Å²) < 4.78 is 1.92. The minimum atomic E-state index is 0.0132. The molecule has 24 heavy (non-hydrogen) atoms. The van der Waals surface area contributed by atoms with Crippen molar-refractivity contribution in [1.29, 1.82) is 0 Å². The maximum atomic E-state index is 12.9. The van der Waals surface area contributed by atoms with Crippen molar-refractivity contribution in [2.75, 3.05) is 6.54 Å². The number of rotatable bonds is 3. The average Bonchev–Trinajstić information content (AvgIpc) is 3.28. The number of para-hydroxylation sites is 1. The van der Waals surface area contributed by atoms with Crippen molar-refractivity contribution in [2.24, 2.45) is 5.92 Å². The second-order valence-corrected chi connectivity index (χ2v) is 7.17. The van der Waals surface area contributed by atoms with E-state index in [1.807, 2.05) is 28.8 Å². The Bertz CT molecular complexity index is 805. The monoisotopic (exact) mass is 324 g/mol. The summed E-state index contributed by atoms with van der Waals surface area (Å²) in [5.41, 5.74) is 0.856. The van der Waals surface area contributed by atoms with Crippen LogP contribution in [0.1, 0.15) is 38.5 Å². The lowest BCUT2D eigenvalue weighted by Crippen LogP contribution is -2.41. The Morgan fingerprint density at radius 3 is 2.67 bits per heavy atom. The maximum Gasteiger partial charge on any atom is 0.242 e. The molecule has 0 unspecified atom stereocenters. The Morgan fingerprint density at radius 1 is 1.04 bits per heavy atom. The summed E-state index contributed by atoms with van der Waals surface area (Å²) in [5.74, 6) is 0.889. The fourth-order valence-electron chi connectivity index (χ4n) is 4.57. The molecule has 4 rings (SSSR count). The van der Waals surface area contributed by atoms with Crippen LogP contribution in [0.5, 0.6) is 0 Å². The van der Waals surface area contributed by atoms with E-state index in [4.69, 9.17) is 0 Å². The number of hydrogen-bond acceptors (Lipinski definition) is 2. The van der Waals surface area contributed by atoms with Gasteiger partial charge in [-0.3, -0.25) is 9.59 Å². The molecule has 0 spiro atoms. The highest BCUT2D eigenvalue weighted by atomic mass is 16.2. The van der Waals surface area contributed by atoms with Gasteiger partial charge in [0.25, 0.3) is 0 Å². The van der Waals surface area contributed by atoms with Crippen LogP contribution in [0.3, 0.4) is 0 Å². The van der Waals surface area contributed by atoms with E-state index in [1.54, 1.807) is 12.3 Å². The number of hydrogen-bond donors (Lipinski definition) is 0. The number of nitrogens with zero attached hydrogens (tertiary/aromatic N) is 2. The molecule has 1 amide bonds. The molecule has 1 aliphatic heterocycles. The van der Waals surface area contributed by atoms with Crippen LogP contribution in [0.25, 0.3) is 10.9 Å². The van der Waals surface area contributed by atoms with E-state index in [9.17, 15) is 9.59 Å². The highest BCUT2D eigenvalue weighted by Gasteiger charge is 2.35. The van der Waals surface area contributed by atoms with E-state index in [2.05, 4.69) is 4.90 Å². The zero-order valence-electron chi connectivity index (χ0n) is 14.0. The summed E-state index contributed by atoms with van der Waals surface area (Å²) in [6, 6.07) is 9.53. The van der Waals surface area contributed by atoms with Gasteiger partial charge in [-0.2, -0.15) is 0 Å². The second kappa shape index (κ2) is 6.42. The van der Waals surface area contributed by atoms with Gasteiger partial charge in [0.05, 0.1) is 5.52 Å². The van der Waals surface area contributed by atoms with Gasteiger partial charge < -0.3 is 9.47 Å². The zero-order chi connectivity index (χ0) is 16.5. The van der Waals surface area contributed by atoms with E-state index in [1.165, 1.54) is 25.7 Å². The highest BCUT2D eigenvalue weighted by molar-refractivity contribution is 5.82. The van der Waals surface area contributed by atoms with Crippen molar-refractivity contribution in [2.45, 2.75) is 51.1 Å². The summed E-state index contributed by atoms with van der Waals surface area (Å²) in [6.07, 6.45) is 9.20. The van der Waals surface area contributed by atoms with E-state index < -0.39 is 0 Å². The third-order valence-electron chi connectivity index (χ3n) is 5.75. The van der Waals surface area contributed by atoms with Gasteiger partial charge in [0.1, 0.15) is 6.54 Å². The summed E-state index contributed by atoms with van der Waals surface area (Å²) in [6.45, 7) is 1.21. The van der Waals surface area contributed by atoms with Gasteiger partial charge in [-0.15, -0.1) is 0 Å². The Kier molecular flexibility index (Phi) is 4.13. The Hall–Kier alpha value is -2.10. The number of likely N-dealkylation sites (tertiary alicyclic amines) is 1. The van der Waals surface area contributed by atoms with Gasteiger partial charge in [-0.05, 0) is 43.7 Å². The van der Waals surface area contributed by atoms with Crippen LogP contribution in [0.15, 0.2) is 41.3 Å². The van der Waals surface area contributed by atoms with Crippen LogP contribution in [0.4, 0.5) is 0 Å². The van der Waals surface area contributed by atoms with Crippen LogP contribution >= 0.6 is 0 Å². The third kappa shape index (κ3) is 2.74. The molecule has 1 atom stereocenters. The molecule has 4 nitrogen and oxygen atoms in total.